The first kappa shape index (κ1) is 6.77. The van der Waals surface area contributed by atoms with Crippen molar-refractivity contribution in [3.8, 4) is 0 Å². The van der Waals surface area contributed by atoms with E-state index >= 15 is 0 Å². The van der Waals surface area contributed by atoms with Crippen LogP contribution in [0.1, 0.15) is 13.3 Å². The molecular weight excluding hydrogens is 217 g/mol. The largest absolute Gasteiger partial charge is 0.353 e. The third-order valence-electron chi connectivity index (χ3n) is 1.18. The molecule has 0 aromatic heterocycles. The highest BCUT2D eigenvalue weighted by Crippen LogP contribution is 2.24. The van der Waals surface area contributed by atoms with Gasteiger partial charge >= 0.3 is 0 Å². The van der Waals surface area contributed by atoms with E-state index in [1.165, 1.54) is 0 Å². The van der Waals surface area contributed by atoms with Gasteiger partial charge in [-0.1, -0.05) is 29.5 Å². The highest BCUT2D eigenvalue weighted by Gasteiger charge is 2.35. The Balaban J connectivity index is 2.05. The molecule has 1 saturated heterocycles. The Morgan fingerprint density at radius 1 is 1.88 bits per heavy atom. The summed E-state index contributed by atoms with van der Waals surface area (Å²) in [6.07, 6.45) is 1.51. The summed E-state index contributed by atoms with van der Waals surface area (Å²) in [5, 5.41) is 0. The minimum atomic E-state index is 0.0483. The molecule has 0 saturated carbocycles. The standard InChI is InChI=1S/C5H10INO/c1-3(6)2-4-5(7)8-4/h3-5H,2,7H2,1H3. The van der Waals surface area contributed by atoms with Crippen molar-refractivity contribution in [1.29, 1.82) is 0 Å². The first-order valence-electron chi connectivity index (χ1n) is 2.75. The molecule has 0 amide bonds. The highest BCUT2D eigenvalue weighted by molar-refractivity contribution is 14.1. The normalized spacial score (nSPS) is 39.4. The summed E-state index contributed by atoms with van der Waals surface area (Å²) in [4.78, 5) is 0. The van der Waals surface area contributed by atoms with Crippen LogP contribution in [-0.4, -0.2) is 16.3 Å². The molecule has 1 aliphatic heterocycles. The Kier molecular flexibility index (Phi) is 2.11. The van der Waals surface area contributed by atoms with E-state index in [2.05, 4.69) is 29.5 Å². The number of hydrogen-bond donors (Lipinski definition) is 1. The van der Waals surface area contributed by atoms with Gasteiger partial charge in [-0.3, -0.25) is 0 Å². The van der Waals surface area contributed by atoms with Gasteiger partial charge in [-0.15, -0.1) is 0 Å². The maximum absolute atomic E-state index is 5.39. The number of ether oxygens (including phenoxy) is 1. The Morgan fingerprint density at radius 3 is 2.50 bits per heavy atom. The average molecular weight is 227 g/mol. The SMILES string of the molecule is CC(I)CC1OC1N. The topological polar surface area (TPSA) is 38.5 Å². The molecule has 3 atom stereocenters. The molecule has 3 heteroatoms. The zero-order valence-corrected chi connectivity index (χ0v) is 6.96. The number of nitrogens with two attached hydrogens (primary N) is 1. The van der Waals surface area contributed by atoms with Gasteiger partial charge in [-0.25, -0.2) is 0 Å². The van der Waals surface area contributed by atoms with Crippen LogP contribution in [0.3, 0.4) is 0 Å². The number of epoxide rings is 1. The lowest BCUT2D eigenvalue weighted by Crippen LogP contribution is -2.07. The van der Waals surface area contributed by atoms with Gasteiger partial charge in [0, 0.05) is 3.92 Å². The van der Waals surface area contributed by atoms with E-state index in [0.29, 0.717) is 10.0 Å². The second kappa shape index (κ2) is 2.49. The molecule has 1 heterocycles. The first-order valence-corrected chi connectivity index (χ1v) is 4.00. The summed E-state index contributed by atoms with van der Waals surface area (Å²) >= 11 is 2.37. The van der Waals surface area contributed by atoms with Crippen LogP contribution in [0.15, 0.2) is 0 Å². The summed E-state index contributed by atoms with van der Waals surface area (Å²) in [5.41, 5.74) is 5.39. The van der Waals surface area contributed by atoms with Crippen LogP contribution >= 0.6 is 22.6 Å². The summed E-state index contributed by atoms with van der Waals surface area (Å²) in [6.45, 7) is 2.16. The molecule has 2 nitrogen and oxygen atoms in total. The Hall–Kier alpha value is 0.650. The van der Waals surface area contributed by atoms with Crippen LogP contribution in [0.4, 0.5) is 0 Å². The summed E-state index contributed by atoms with van der Waals surface area (Å²) in [7, 11) is 0. The lowest BCUT2D eigenvalue weighted by Gasteiger charge is -1.94. The fourth-order valence-corrected chi connectivity index (χ4v) is 1.17. The zero-order valence-electron chi connectivity index (χ0n) is 4.80. The van der Waals surface area contributed by atoms with Gasteiger partial charge in [0.25, 0.3) is 0 Å². The van der Waals surface area contributed by atoms with E-state index in [9.17, 15) is 0 Å². The van der Waals surface area contributed by atoms with E-state index in [4.69, 9.17) is 10.5 Å². The maximum atomic E-state index is 5.39. The third kappa shape index (κ3) is 1.87. The van der Waals surface area contributed by atoms with Crippen molar-refractivity contribution in [2.75, 3.05) is 0 Å². The molecule has 0 spiro atoms. The minimum Gasteiger partial charge on any atom is -0.353 e. The molecule has 0 aliphatic carbocycles. The second-order valence-corrected chi connectivity index (χ2v) is 4.28. The molecule has 0 aromatic rings. The third-order valence-corrected chi connectivity index (χ3v) is 1.69. The van der Waals surface area contributed by atoms with E-state index in [-0.39, 0.29) is 6.23 Å². The molecule has 0 bridgehead atoms. The van der Waals surface area contributed by atoms with Crippen molar-refractivity contribution in [1.82, 2.24) is 0 Å². The number of rotatable bonds is 2. The molecule has 0 radical (unpaired) electrons. The predicted octanol–water partition coefficient (Wildman–Crippen LogP) is 0.884. The van der Waals surface area contributed by atoms with Crippen LogP contribution in [-0.2, 0) is 4.74 Å². The molecule has 8 heavy (non-hydrogen) atoms. The molecule has 48 valence electrons. The average Bonchev–Trinajstić information content (AvgIpc) is 2.17. The lowest BCUT2D eigenvalue weighted by atomic mass is 10.2. The maximum Gasteiger partial charge on any atom is 0.132 e. The molecule has 2 N–H and O–H groups in total. The first-order chi connectivity index (χ1) is 3.70. The van der Waals surface area contributed by atoms with Crippen LogP contribution in [0.5, 0.6) is 0 Å². The Labute approximate surface area is 62.9 Å². The van der Waals surface area contributed by atoms with Gasteiger partial charge < -0.3 is 10.5 Å². The molecule has 1 aliphatic rings. The Bertz CT molecular complexity index is 86.5. The van der Waals surface area contributed by atoms with Crippen molar-refractivity contribution in [3.63, 3.8) is 0 Å². The number of hydrogen-bond acceptors (Lipinski definition) is 2. The van der Waals surface area contributed by atoms with Gasteiger partial charge in [0.15, 0.2) is 0 Å². The van der Waals surface area contributed by atoms with Gasteiger partial charge in [0.1, 0.15) is 6.23 Å². The van der Waals surface area contributed by atoms with Crippen LogP contribution < -0.4 is 5.73 Å². The van der Waals surface area contributed by atoms with Crippen molar-refractivity contribution in [2.45, 2.75) is 29.6 Å². The van der Waals surface area contributed by atoms with Crippen molar-refractivity contribution in [3.05, 3.63) is 0 Å². The van der Waals surface area contributed by atoms with E-state index in [0.717, 1.165) is 6.42 Å². The monoisotopic (exact) mass is 227 g/mol. The fourth-order valence-electron chi connectivity index (χ4n) is 0.666. The molecule has 1 rings (SSSR count). The highest BCUT2D eigenvalue weighted by atomic mass is 127. The summed E-state index contributed by atoms with van der Waals surface area (Å²) in [5.74, 6) is 0. The van der Waals surface area contributed by atoms with Gasteiger partial charge in [-0.05, 0) is 6.42 Å². The second-order valence-electron chi connectivity index (χ2n) is 2.16. The smallest absolute Gasteiger partial charge is 0.132 e. The molecular formula is C5H10INO. The quantitative estimate of drug-likeness (QED) is 0.432. The lowest BCUT2D eigenvalue weighted by molar-refractivity contribution is 0.367. The van der Waals surface area contributed by atoms with Gasteiger partial charge in [0.2, 0.25) is 0 Å². The zero-order chi connectivity index (χ0) is 6.15. The van der Waals surface area contributed by atoms with E-state index in [1.807, 2.05) is 0 Å². The van der Waals surface area contributed by atoms with Gasteiger partial charge in [-0.2, -0.15) is 0 Å². The molecule has 3 unspecified atom stereocenters. The van der Waals surface area contributed by atoms with Crippen molar-refractivity contribution in [2.24, 2.45) is 5.73 Å². The van der Waals surface area contributed by atoms with Crippen LogP contribution in [0.2, 0.25) is 0 Å². The van der Waals surface area contributed by atoms with Crippen molar-refractivity contribution >= 4 is 22.6 Å². The Morgan fingerprint density at radius 2 is 2.38 bits per heavy atom. The van der Waals surface area contributed by atoms with E-state index < -0.39 is 0 Å². The number of alkyl halides is 1. The van der Waals surface area contributed by atoms with Gasteiger partial charge in [0.05, 0.1) is 6.10 Å². The van der Waals surface area contributed by atoms with Crippen LogP contribution in [0, 0.1) is 0 Å². The summed E-state index contributed by atoms with van der Waals surface area (Å²) in [6, 6.07) is 0. The number of halogens is 1. The summed E-state index contributed by atoms with van der Waals surface area (Å²) < 4.78 is 5.69. The van der Waals surface area contributed by atoms with E-state index in [1.54, 1.807) is 0 Å². The van der Waals surface area contributed by atoms with Crippen molar-refractivity contribution < 1.29 is 4.74 Å². The molecule has 1 fully saturated rings. The minimum absolute atomic E-state index is 0.0483. The van der Waals surface area contributed by atoms with Crippen LogP contribution in [0.25, 0.3) is 0 Å². The molecule has 0 aromatic carbocycles. The predicted molar refractivity (Wildman–Crippen MR) is 40.9 cm³/mol. The fraction of sp³-hybridized carbons (Fsp3) is 1.00.